The second kappa shape index (κ2) is 9.05. The third-order valence-electron chi connectivity index (χ3n) is 4.02. The van der Waals surface area contributed by atoms with Crippen LogP contribution in [0.4, 0.5) is 4.79 Å². The van der Waals surface area contributed by atoms with Crippen molar-refractivity contribution in [3.05, 3.63) is 29.8 Å². The number of likely N-dealkylation sites (tertiary alicyclic amines) is 1. The van der Waals surface area contributed by atoms with Crippen LogP contribution in [-0.2, 0) is 9.53 Å². The molecule has 2 rings (SSSR count). The van der Waals surface area contributed by atoms with Crippen LogP contribution < -0.4 is 10.1 Å². The number of ketones is 1. The first-order valence-corrected chi connectivity index (χ1v) is 8.44. The highest BCUT2D eigenvalue weighted by molar-refractivity contribution is 5.94. The SMILES string of the molecule is CCOC(=O)N1CCC(NC(=O)COc2ccc(C(C)=O)cc2)CC1. The molecule has 7 heteroatoms. The second-order valence-corrected chi connectivity index (χ2v) is 5.90. The summed E-state index contributed by atoms with van der Waals surface area (Å²) in [6, 6.07) is 6.70. The number of benzene rings is 1. The molecule has 136 valence electrons. The number of hydrogen-bond acceptors (Lipinski definition) is 5. The lowest BCUT2D eigenvalue weighted by molar-refractivity contribution is -0.124. The summed E-state index contributed by atoms with van der Waals surface area (Å²) < 4.78 is 10.4. The molecule has 0 aromatic heterocycles. The molecular weight excluding hydrogens is 324 g/mol. The fourth-order valence-corrected chi connectivity index (χ4v) is 2.63. The van der Waals surface area contributed by atoms with Gasteiger partial charge in [-0.15, -0.1) is 0 Å². The molecule has 1 aromatic rings. The lowest BCUT2D eigenvalue weighted by Gasteiger charge is -2.31. The van der Waals surface area contributed by atoms with Gasteiger partial charge in [0.05, 0.1) is 6.61 Å². The Kier molecular flexibility index (Phi) is 6.80. The van der Waals surface area contributed by atoms with Gasteiger partial charge in [0.1, 0.15) is 5.75 Å². The van der Waals surface area contributed by atoms with Crippen LogP contribution in [0.15, 0.2) is 24.3 Å². The Hall–Kier alpha value is -2.57. The van der Waals surface area contributed by atoms with E-state index in [2.05, 4.69) is 5.32 Å². The molecule has 0 bridgehead atoms. The molecule has 1 saturated heterocycles. The monoisotopic (exact) mass is 348 g/mol. The van der Waals surface area contributed by atoms with E-state index in [4.69, 9.17) is 9.47 Å². The third-order valence-corrected chi connectivity index (χ3v) is 4.02. The average Bonchev–Trinajstić information content (AvgIpc) is 2.61. The van der Waals surface area contributed by atoms with Gasteiger partial charge in [0.2, 0.25) is 0 Å². The largest absolute Gasteiger partial charge is 0.484 e. The van der Waals surface area contributed by atoms with Crippen molar-refractivity contribution in [1.29, 1.82) is 0 Å². The predicted octanol–water partition coefficient (Wildman–Crippen LogP) is 2.01. The van der Waals surface area contributed by atoms with Crippen molar-refractivity contribution >= 4 is 17.8 Å². The van der Waals surface area contributed by atoms with Crippen molar-refractivity contribution in [1.82, 2.24) is 10.2 Å². The highest BCUT2D eigenvalue weighted by Crippen LogP contribution is 2.13. The molecule has 0 radical (unpaired) electrons. The summed E-state index contributed by atoms with van der Waals surface area (Å²) in [6.45, 7) is 4.68. The number of Topliss-reactive ketones (excluding diaryl/α,β-unsaturated/α-hetero) is 1. The quantitative estimate of drug-likeness (QED) is 0.795. The third kappa shape index (κ3) is 5.77. The molecule has 1 N–H and O–H groups in total. The fraction of sp³-hybridized carbons (Fsp3) is 0.500. The molecule has 1 heterocycles. The first-order valence-electron chi connectivity index (χ1n) is 8.44. The maximum atomic E-state index is 12.0. The number of ether oxygens (including phenoxy) is 2. The molecule has 7 nitrogen and oxygen atoms in total. The molecule has 1 aliphatic heterocycles. The van der Waals surface area contributed by atoms with E-state index >= 15 is 0 Å². The van der Waals surface area contributed by atoms with Crippen LogP contribution in [0.3, 0.4) is 0 Å². The van der Waals surface area contributed by atoms with Crippen LogP contribution >= 0.6 is 0 Å². The summed E-state index contributed by atoms with van der Waals surface area (Å²) >= 11 is 0. The normalized spacial score (nSPS) is 14.7. The van der Waals surface area contributed by atoms with Crippen LogP contribution in [0.2, 0.25) is 0 Å². The van der Waals surface area contributed by atoms with Gasteiger partial charge in [-0.1, -0.05) is 0 Å². The minimum atomic E-state index is -0.301. The van der Waals surface area contributed by atoms with Crippen molar-refractivity contribution < 1.29 is 23.9 Å². The van der Waals surface area contributed by atoms with Crippen LogP contribution in [-0.4, -0.2) is 55.0 Å². The highest BCUT2D eigenvalue weighted by atomic mass is 16.6. The van der Waals surface area contributed by atoms with E-state index in [0.29, 0.717) is 43.9 Å². The minimum absolute atomic E-state index is 0.0153. The summed E-state index contributed by atoms with van der Waals surface area (Å²) in [7, 11) is 0. The first-order chi connectivity index (χ1) is 12.0. The molecule has 0 atom stereocenters. The number of nitrogens with zero attached hydrogens (tertiary/aromatic N) is 1. The highest BCUT2D eigenvalue weighted by Gasteiger charge is 2.24. The summed E-state index contributed by atoms with van der Waals surface area (Å²) in [6.07, 6.45) is 1.08. The fourth-order valence-electron chi connectivity index (χ4n) is 2.63. The molecule has 0 unspecified atom stereocenters. The van der Waals surface area contributed by atoms with Gasteiger partial charge >= 0.3 is 6.09 Å². The lowest BCUT2D eigenvalue weighted by atomic mass is 10.1. The van der Waals surface area contributed by atoms with E-state index < -0.39 is 0 Å². The van der Waals surface area contributed by atoms with Gasteiger partial charge in [-0.05, 0) is 51.0 Å². The second-order valence-electron chi connectivity index (χ2n) is 5.90. The van der Waals surface area contributed by atoms with Crippen LogP contribution in [0.5, 0.6) is 5.75 Å². The Bertz CT molecular complexity index is 606. The van der Waals surface area contributed by atoms with Crippen molar-refractivity contribution in [3.8, 4) is 5.75 Å². The summed E-state index contributed by atoms with van der Waals surface area (Å²) in [5.74, 6) is 0.320. The Balaban J connectivity index is 1.70. The van der Waals surface area contributed by atoms with E-state index in [-0.39, 0.29) is 30.4 Å². The van der Waals surface area contributed by atoms with Crippen LogP contribution in [0.25, 0.3) is 0 Å². The molecule has 1 fully saturated rings. The van der Waals surface area contributed by atoms with E-state index in [0.717, 1.165) is 0 Å². The van der Waals surface area contributed by atoms with Gasteiger partial charge in [-0.25, -0.2) is 4.79 Å². The van der Waals surface area contributed by atoms with Gasteiger partial charge in [0.25, 0.3) is 5.91 Å². The van der Waals surface area contributed by atoms with Gasteiger partial charge in [0, 0.05) is 24.7 Å². The summed E-state index contributed by atoms with van der Waals surface area (Å²) in [5.41, 5.74) is 0.602. The van der Waals surface area contributed by atoms with Gasteiger partial charge in [-0.2, -0.15) is 0 Å². The number of carbonyl (C=O) groups is 3. The average molecular weight is 348 g/mol. The summed E-state index contributed by atoms with van der Waals surface area (Å²) in [4.78, 5) is 36.5. The van der Waals surface area contributed by atoms with E-state index in [1.54, 1.807) is 36.1 Å². The topological polar surface area (TPSA) is 84.9 Å². The Morgan fingerprint density at radius 1 is 1.16 bits per heavy atom. The van der Waals surface area contributed by atoms with Gasteiger partial charge < -0.3 is 19.7 Å². The number of nitrogens with one attached hydrogen (secondary N) is 1. The van der Waals surface area contributed by atoms with Crippen molar-refractivity contribution in [2.75, 3.05) is 26.3 Å². The molecular formula is C18H24N2O5. The zero-order chi connectivity index (χ0) is 18.2. The van der Waals surface area contributed by atoms with E-state index in [9.17, 15) is 14.4 Å². The number of amides is 2. The van der Waals surface area contributed by atoms with Crippen LogP contribution in [0.1, 0.15) is 37.0 Å². The van der Waals surface area contributed by atoms with Crippen molar-refractivity contribution in [2.24, 2.45) is 0 Å². The molecule has 0 aliphatic carbocycles. The van der Waals surface area contributed by atoms with E-state index in [1.807, 2.05) is 0 Å². The predicted molar refractivity (Wildman–Crippen MR) is 91.7 cm³/mol. The van der Waals surface area contributed by atoms with Crippen molar-refractivity contribution in [3.63, 3.8) is 0 Å². The standard InChI is InChI=1S/C18H24N2O5/c1-3-24-18(23)20-10-8-15(9-11-20)19-17(22)12-25-16-6-4-14(5-7-16)13(2)21/h4-7,15H,3,8-12H2,1-2H3,(H,19,22). The molecule has 2 amide bonds. The van der Waals surface area contributed by atoms with E-state index in [1.165, 1.54) is 6.92 Å². The Morgan fingerprint density at radius 2 is 1.80 bits per heavy atom. The van der Waals surface area contributed by atoms with Gasteiger partial charge in [0.15, 0.2) is 12.4 Å². The number of rotatable bonds is 6. The molecule has 1 aromatic carbocycles. The number of hydrogen-bond donors (Lipinski definition) is 1. The maximum Gasteiger partial charge on any atom is 0.409 e. The Morgan fingerprint density at radius 3 is 2.36 bits per heavy atom. The first kappa shape index (κ1) is 18.8. The molecule has 25 heavy (non-hydrogen) atoms. The smallest absolute Gasteiger partial charge is 0.409 e. The number of carbonyl (C=O) groups excluding carboxylic acids is 3. The molecule has 1 aliphatic rings. The van der Waals surface area contributed by atoms with Crippen LogP contribution in [0, 0.1) is 0 Å². The lowest BCUT2D eigenvalue weighted by Crippen LogP contribution is -2.47. The van der Waals surface area contributed by atoms with Crippen molar-refractivity contribution in [2.45, 2.75) is 32.7 Å². The minimum Gasteiger partial charge on any atom is -0.484 e. The zero-order valence-corrected chi connectivity index (χ0v) is 14.6. The van der Waals surface area contributed by atoms with Gasteiger partial charge in [-0.3, -0.25) is 9.59 Å². The zero-order valence-electron chi connectivity index (χ0n) is 14.6. The Labute approximate surface area is 147 Å². The maximum absolute atomic E-state index is 12.0. The number of piperidine rings is 1. The molecule has 0 spiro atoms. The summed E-state index contributed by atoms with van der Waals surface area (Å²) in [5, 5.41) is 2.91. The molecule has 0 saturated carbocycles.